The van der Waals surface area contributed by atoms with Crippen LogP contribution in [-0.4, -0.2) is 22.6 Å². The second-order valence-electron chi connectivity index (χ2n) is 5.86. The normalized spacial score (nSPS) is 10.5. The first-order valence-electron chi connectivity index (χ1n) is 8.55. The molecule has 1 aromatic heterocycles. The summed E-state index contributed by atoms with van der Waals surface area (Å²) in [7, 11) is 0. The van der Waals surface area contributed by atoms with Gasteiger partial charge in [0.05, 0.1) is 5.56 Å². The van der Waals surface area contributed by atoms with E-state index < -0.39 is 0 Å². The molecular formula is C20H21N3O3. The Morgan fingerprint density at radius 1 is 1.12 bits per heavy atom. The van der Waals surface area contributed by atoms with Crippen LogP contribution in [-0.2, 0) is 13.0 Å². The number of aryl methyl sites for hydroxylation is 2. The molecule has 3 rings (SSSR count). The molecule has 0 spiro atoms. The SMILES string of the molecule is Cc1nc(COc2ccccc2C(=O)NCCCc2ccccc2)no1. The van der Waals surface area contributed by atoms with Crippen LogP contribution in [0.25, 0.3) is 0 Å². The second kappa shape index (κ2) is 8.80. The molecule has 6 heteroatoms. The van der Waals surface area contributed by atoms with E-state index in [0.717, 1.165) is 12.8 Å². The molecule has 2 aromatic carbocycles. The fourth-order valence-corrected chi connectivity index (χ4v) is 2.56. The van der Waals surface area contributed by atoms with Gasteiger partial charge in [0.15, 0.2) is 6.61 Å². The van der Waals surface area contributed by atoms with Gasteiger partial charge in [-0.15, -0.1) is 0 Å². The van der Waals surface area contributed by atoms with Crippen molar-refractivity contribution >= 4 is 5.91 Å². The largest absolute Gasteiger partial charge is 0.485 e. The van der Waals surface area contributed by atoms with Crippen molar-refractivity contribution in [3.05, 3.63) is 77.4 Å². The highest BCUT2D eigenvalue weighted by molar-refractivity contribution is 5.96. The predicted octanol–water partition coefficient (Wildman–Crippen LogP) is 3.32. The lowest BCUT2D eigenvalue weighted by Crippen LogP contribution is -2.25. The van der Waals surface area contributed by atoms with Crippen molar-refractivity contribution in [2.75, 3.05) is 6.54 Å². The molecule has 0 aliphatic carbocycles. The highest BCUT2D eigenvalue weighted by Gasteiger charge is 2.12. The van der Waals surface area contributed by atoms with Crippen molar-refractivity contribution in [3.8, 4) is 5.75 Å². The zero-order valence-corrected chi connectivity index (χ0v) is 14.6. The van der Waals surface area contributed by atoms with E-state index >= 15 is 0 Å². The summed E-state index contributed by atoms with van der Waals surface area (Å²) < 4.78 is 10.6. The fraction of sp³-hybridized carbons (Fsp3) is 0.250. The van der Waals surface area contributed by atoms with Gasteiger partial charge < -0.3 is 14.6 Å². The first-order chi connectivity index (χ1) is 12.7. The van der Waals surface area contributed by atoms with Crippen molar-refractivity contribution in [1.29, 1.82) is 0 Å². The summed E-state index contributed by atoms with van der Waals surface area (Å²) in [5.41, 5.74) is 1.76. The molecule has 0 saturated heterocycles. The number of benzene rings is 2. The third kappa shape index (κ3) is 4.92. The molecule has 0 unspecified atom stereocenters. The monoisotopic (exact) mass is 351 g/mol. The Morgan fingerprint density at radius 3 is 2.65 bits per heavy atom. The van der Waals surface area contributed by atoms with Gasteiger partial charge >= 0.3 is 0 Å². The third-order valence-corrected chi connectivity index (χ3v) is 3.83. The molecule has 1 amide bonds. The molecule has 134 valence electrons. The molecule has 0 fully saturated rings. The van der Waals surface area contributed by atoms with E-state index in [1.165, 1.54) is 5.56 Å². The number of rotatable bonds is 8. The number of nitrogens with zero attached hydrogens (tertiary/aromatic N) is 2. The number of para-hydroxylation sites is 1. The number of carbonyl (C=O) groups excluding carboxylic acids is 1. The van der Waals surface area contributed by atoms with Crippen LogP contribution in [0.2, 0.25) is 0 Å². The van der Waals surface area contributed by atoms with Crippen LogP contribution in [0.15, 0.2) is 59.1 Å². The highest BCUT2D eigenvalue weighted by Crippen LogP contribution is 2.19. The van der Waals surface area contributed by atoms with E-state index in [1.807, 2.05) is 30.3 Å². The van der Waals surface area contributed by atoms with Crippen LogP contribution in [0.3, 0.4) is 0 Å². The molecular weight excluding hydrogens is 330 g/mol. The summed E-state index contributed by atoms with van der Waals surface area (Å²) in [5, 5.41) is 6.73. The van der Waals surface area contributed by atoms with Crippen molar-refractivity contribution in [3.63, 3.8) is 0 Å². The van der Waals surface area contributed by atoms with E-state index in [2.05, 4.69) is 27.6 Å². The van der Waals surface area contributed by atoms with Gasteiger partial charge in [-0.05, 0) is 30.5 Å². The average Bonchev–Trinajstić information content (AvgIpc) is 3.10. The second-order valence-corrected chi connectivity index (χ2v) is 5.86. The predicted molar refractivity (Wildman–Crippen MR) is 96.9 cm³/mol. The number of hydrogen-bond donors (Lipinski definition) is 1. The van der Waals surface area contributed by atoms with Crippen molar-refractivity contribution in [2.45, 2.75) is 26.4 Å². The molecule has 0 atom stereocenters. The maximum absolute atomic E-state index is 12.5. The van der Waals surface area contributed by atoms with Gasteiger partial charge in [-0.25, -0.2) is 0 Å². The smallest absolute Gasteiger partial charge is 0.255 e. The van der Waals surface area contributed by atoms with Crippen LogP contribution in [0.4, 0.5) is 0 Å². The Labute approximate surface area is 152 Å². The van der Waals surface area contributed by atoms with Gasteiger partial charge in [-0.2, -0.15) is 4.98 Å². The summed E-state index contributed by atoms with van der Waals surface area (Å²) in [5.74, 6) is 1.27. The van der Waals surface area contributed by atoms with Gasteiger partial charge in [0.25, 0.3) is 5.91 Å². The standard InChI is InChI=1S/C20H21N3O3/c1-15-22-19(23-26-15)14-25-18-12-6-5-11-17(18)20(24)21-13-7-10-16-8-3-2-4-9-16/h2-6,8-9,11-12H,7,10,13-14H2,1H3,(H,21,24). The number of nitrogens with one attached hydrogen (secondary N) is 1. The van der Waals surface area contributed by atoms with Crippen LogP contribution >= 0.6 is 0 Å². The van der Waals surface area contributed by atoms with Gasteiger partial charge in [0.2, 0.25) is 11.7 Å². The first kappa shape index (κ1) is 17.7. The molecule has 0 aliphatic rings. The van der Waals surface area contributed by atoms with Gasteiger partial charge in [0.1, 0.15) is 5.75 Å². The zero-order chi connectivity index (χ0) is 18.2. The van der Waals surface area contributed by atoms with Gasteiger partial charge in [0, 0.05) is 13.5 Å². The van der Waals surface area contributed by atoms with E-state index in [0.29, 0.717) is 29.6 Å². The van der Waals surface area contributed by atoms with Crippen LogP contribution in [0.5, 0.6) is 5.75 Å². The summed E-state index contributed by atoms with van der Waals surface area (Å²) >= 11 is 0. The molecule has 0 saturated carbocycles. The van der Waals surface area contributed by atoms with Crippen molar-refractivity contribution in [1.82, 2.24) is 15.5 Å². The molecule has 3 aromatic rings. The van der Waals surface area contributed by atoms with E-state index in [1.54, 1.807) is 19.1 Å². The third-order valence-electron chi connectivity index (χ3n) is 3.83. The maximum atomic E-state index is 12.5. The molecule has 0 bridgehead atoms. The summed E-state index contributed by atoms with van der Waals surface area (Å²) in [6.07, 6.45) is 1.80. The van der Waals surface area contributed by atoms with E-state index in [4.69, 9.17) is 9.26 Å². The Morgan fingerprint density at radius 2 is 1.88 bits per heavy atom. The average molecular weight is 351 g/mol. The number of hydrogen-bond acceptors (Lipinski definition) is 5. The number of aromatic nitrogens is 2. The fourth-order valence-electron chi connectivity index (χ4n) is 2.56. The van der Waals surface area contributed by atoms with E-state index in [9.17, 15) is 4.79 Å². The lowest BCUT2D eigenvalue weighted by Gasteiger charge is -2.10. The molecule has 0 radical (unpaired) electrons. The van der Waals surface area contributed by atoms with Crippen LogP contribution < -0.4 is 10.1 Å². The van der Waals surface area contributed by atoms with Crippen LogP contribution in [0.1, 0.15) is 34.1 Å². The Bertz CT molecular complexity index is 846. The Hall–Kier alpha value is -3.15. The van der Waals surface area contributed by atoms with Crippen molar-refractivity contribution < 1.29 is 14.1 Å². The maximum Gasteiger partial charge on any atom is 0.255 e. The minimum atomic E-state index is -0.155. The lowest BCUT2D eigenvalue weighted by atomic mass is 10.1. The van der Waals surface area contributed by atoms with Crippen LogP contribution in [0, 0.1) is 6.92 Å². The van der Waals surface area contributed by atoms with E-state index in [-0.39, 0.29) is 12.5 Å². The Kier molecular flexibility index (Phi) is 5.98. The molecule has 6 nitrogen and oxygen atoms in total. The number of carbonyl (C=O) groups is 1. The summed E-state index contributed by atoms with van der Waals surface area (Å²) in [4.78, 5) is 16.5. The zero-order valence-electron chi connectivity index (χ0n) is 14.6. The number of amides is 1. The lowest BCUT2D eigenvalue weighted by molar-refractivity contribution is 0.0948. The first-order valence-corrected chi connectivity index (χ1v) is 8.55. The molecule has 26 heavy (non-hydrogen) atoms. The van der Waals surface area contributed by atoms with Crippen molar-refractivity contribution in [2.24, 2.45) is 0 Å². The Balaban J connectivity index is 1.52. The molecule has 1 N–H and O–H groups in total. The molecule has 1 heterocycles. The van der Waals surface area contributed by atoms with Gasteiger partial charge in [-0.3, -0.25) is 4.79 Å². The quantitative estimate of drug-likeness (QED) is 0.630. The summed E-state index contributed by atoms with van der Waals surface area (Å²) in [6.45, 7) is 2.47. The minimum absolute atomic E-state index is 0.148. The molecule has 0 aliphatic heterocycles. The summed E-state index contributed by atoms with van der Waals surface area (Å²) in [6, 6.07) is 17.3. The van der Waals surface area contributed by atoms with Gasteiger partial charge in [-0.1, -0.05) is 47.6 Å². The minimum Gasteiger partial charge on any atom is -0.485 e. The number of ether oxygens (including phenoxy) is 1. The highest BCUT2D eigenvalue weighted by atomic mass is 16.5. The topological polar surface area (TPSA) is 77.2 Å².